The topological polar surface area (TPSA) is 47.6 Å². The summed E-state index contributed by atoms with van der Waals surface area (Å²) in [5.41, 5.74) is 0.483. The Morgan fingerprint density at radius 1 is 1.33 bits per heavy atom. The third kappa shape index (κ3) is 5.38. The van der Waals surface area contributed by atoms with Gasteiger partial charge in [-0.25, -0.2) is 0 Å². The number of carbonyl (C=O) groups is 1. The molecule has 1 aromatic carbocycles. The van der Waals surface area contributed by atoms with Gasteiger partial charge >= 0.3 is 5.97 Å². The summed E-state index contributed by atoms with van der Waals surface area (Å²) in [6, 6.07) is 7.94. The molecule has 0 amide bonds. The number of carbonyl (C=O) groups excluding carboxylic acids is 1. The Morgan fingerprint density at radius 3 is 2.67 bits per heavy atom. The third-order valence-corrected chi connectivity index (χ3v) is 3.57. The van der Waals surface area contributed by atoms with E-state index in [1.54, 1.807) is 0 Å². The standard InChI is InChI=1S/C17H27NO3/c1-5-12-18-17(3,16(19)20-4)11-8-13-21-15-10-7-6-9-14(15)2/h6-7,9-10,18H,5,8,11-13H2,1-4H3. The molecule has 0 aromatic heterocycles. The molecule has 0 aliphatic heterocycles. The number of esters is 1. The lowest BCUT2D eigenvalue weighted by molar-refractivity contribution is -0.148. The number of benzene rings is 1. The average molecular weight is 293 g/mol. The van der Waals surface area contributed by atoms with Crippen LogP contribution in [0.15, 0.2) is 24.3 Å². The number of para-hydroxylation sites is 1. The third-order valence-electron chi connectivity index (χ3n) is 3.57. The van der Waals surface area contributed by atoms with Crippen LogP contribution >= 0.6 is 0 Å². The molecule has 0 radical (unpaired) electrons. The van der Waals surface area contributed by atoms with Crippen LogP contribution in [0.4, 0.5) is 0 Å². The van der Waals surface area contributed by atoms with Gasteiger partial charge in [0.15, 0.2) is 0 Å². The molecule has 0 heterocycles. The van der Waals surface area contributed by atoms with Crippen LogP contribution in [0, 0.1) is 6.92 Å². The van der Waals surface area contributed by atoms with Crippen LogP contribution < -0.4 is 10.1 Å². The Morgan fingerprint density at radius 2 is 2.05 bits per heavy atom. The number of hydrogen-bond acceptors (Lipinski definition) is 4. The summed E-state index contributed by atoms with van der Waals surface area (Å²) < 4.78 is 10.7. The number of methoxy groups -OCH3 is 1. The van der Waals surface area contributed by atoms with Crippen molar-refractivity contribution in [3.05, 3.63) is 29.8 Å². The Kier molecular flexibility index (Phi) is 7.23. The molecule has 0 spiro atoms. The Hall–Kier alpha value is -1.55. The van der Waals surface area contributed by atoms with Crippen molar-refractivity contribution in [2.24, 2.45) is 0 Å². The van der Waals surface area contributed by atoms with Gasteiger partial charge in [0.25, 0.3) is 0 Å². The van der Waals surface area contributed by atoms with Crippen LogP contribution in [-0.4, -0.2) is 31.8 Å². The van der Waals surface area contributed by atoms with Gasteiger partial charge in [-0.2, -0.15) is 0 Å². The zero-order valence-electron chi connectivity index (χ0n) is 13.6. The number of aryl methyl sites for hydroxylation is 1. The molecule has 1 aromatic rings. The maximum absolute atomic E-state index is 11.9. The zero-order valence-corrected chi connectivity index (χ0v) is 13.6. The zero-order chi connectivity index (χ0) is 15.7. The second-order valence-electron chi connectivity index (χ2n) is 5.47. The van der Waals surface area contributed by atoms with Gasteiger partial charge in [-0.05, 0) is 51.3 Å². The number of ether oxygens (including phenoxy) is 2. The van der Waals surface area contributed by atoms with E-state index in [-0.39, 0.29) is 5.97 Å². The molecule has 1 unspecified atom stereocenters. The van der Waals surface area contributed by atoms with Crippen molar-refractivity contribution < 1.29 is 14.3 Å². The van der Waals surface area contributed by atoms with Crippen molar-refractivity contribution in [1.29, 1.82) is 0 Å². The van der Waals surface area contributed by atoms with Gasteiger partial charge in [-0.1, -0.05) is 25.1 Å². The van der Waals surface area contributed by atoms with E-state index in [0.717, 1.165) is 30.7 Å². The van der Waals surface area contributed by atoms with Gasteiger partial charge in [0.2, 0.25) is 0 Å². The fourth-order valence-corrected chi connectivity index (χ4v) is 2.21. The lowest BCUT2D eigenvalue weighted by atomic mass is 9.96. The van der Waals surface area contributed by atoms with E-state index in [4.69, 9.17) is 9.47 Å². The molecule has 4 heteroatoms. The maximum atomic E-state index is 11.9. The van der Waals surface area contributed by atoms with Crippen molar-refractivity contribution in [3.8, 4) is 5.75 Å². The van der Waals surface area contributed by atoms with Crippen LogP contribution in [0.2, 0.25) is 0 Å². The highest BCUT2D eigenvalue weighted by atomic mass is 16.5. The number of hydrogen-bond donors (Lipinski definition) is 1. The van der Waals surface area contributed by atoms with Crippen molar-refractivity contribution in [2.75, 3.05) is 20.3 Å². The molecule has 0 aliphatic rings. The molecule has 118 valence electrons. The normalized spacial score (nSPS) is 13.5. The lowest BCUT2D eigenvalue weighted by Gasteiger charge is -2.28. The van der Waals surface area contributed by atoms with Crippen LogP contribution in [-0.2, 0) is 9.53 Å². The minimum atomic E-state index is -0.639. The minimum absolute atomic E-state index is 0.216. The van der Waals surface area contributed by atoms with E-state index in [1.807, 2.05) is 38.1 Å². The van der Waals surface area contributed by atoms with Crippen LogP contribution in [0.1, 0.15) is 38.7 Å². The van der Waals surface area contributed by atoms with Gasteiger partial charge < -0.3 is 14.8 Å². The Balaban J connectivity index is 2.46. The quantitative estimate of drug-likeness (QED) is 0.561. The first-order valence-electron chi connectivity index (χ1n) is 7.55. The van der Waals surface area contributed by atoms with E-state index in [1.165, 1.54) is 7.11 Å². The first kappa shape index (κ1) is 17.5. The molecule has 0 fully saturated rings. The first-order valence-corrected chi connectivity index (χ1v) is 7.55. The molecule has 0 bridgehead atoms. The summed E-state index contributed by atoms with van der Waals surface area (Å²) >= 11 is 0. The highest BCUT2D eigenvalue weighted by Crippen LogP contribution is 2.18. The predicted octanol–water partition coefficient (Wildman–Crippen LogP) is 3.09. The lowest BCUT2D eigenvalue weighted by Crippen LogP contribution is -2.50. The maximum Gasteiger partial charge on any atom is 0.325 e. The molecule has 1 N–H and O–H groups in total. The fourth-order valence-electron chi connectivity index (χ4n) is 2.21. The van der Waals surface area contributed by atoms with Gasteiger partial charge in [-0.15, -0.1) is 0 Å². The molecular weight excluding hydrogens is 266 g/mol. The van der Waals surface area contributed by atoms with Crippen molar-refractivity contribution in [1.82, 2.24) is 5.32 Å². The highest BCUT2D eigenvalue weighted by Gasteiger charge is 2.32. The molecule has 0 saturated carbocycles. The summed E-state index contributed by atoms with van der Waals surface area (Å²) in [7, 11) is 1.43. The van der Waals surface area contributed by atoms with Gasteiger partial charge in [0.1, 0.15) is 11.3 Å². The highest BCUT2D eigenvalue weighted by molar-refractivity contribution is 5.80. The number of rotatable bonds is 9. The van der Waals surface area contributed by atoms with E-state index in [0.29, 0.717) is 13.0 Å². The average Bonchev–Trinajstić information content (AvgIpc) is 2.50. The van der Waals surface area contributed by atoms with Crippen LogP contribution in [0.25, 0.3) is 0 Å². The Labute approximate surface area is 127 Å². The molecule has 0 aliphatic carbocycles. The summed E-state index contributed by atoms with van der Waals surface area (Å²) in [5, 5.41) is 3.28. The summed E-state index contributed by atoms with van der Waals surface area (Å²) in [6.07, 6.45) is 2.45. The second-order valence-corrected chi connectivity index (χ2v) is 5.47. The minimum Gasteiger partial charge on any atom is -0.493 e. The van der Waals surface area contributed by atoms with Crippen molar-refractivity contribution in [2.45, 2.75) is 45.6 Å². The van der Waals surface area contributed by atoms with Crippen LogP contribution in [0.5, 0.6) is 5.75 Å². The van der Waals surface area contributed by atoms with Gasteiger partial charge in [0, 0.05) is 0 Å². The summed E-state index contributed by atoms with van der Waals surface area (Å²) in [4.78, 5) is 11.9. The molecule has 0 saturated heterocycles. The largest absolute Gasteiger partial charge is 0.493 e. The smallest absolute Gasteiger partial charge is 0.325 e. The summed E-state index contributed by atoms with van der Waals surface area (Å²) in [6.45, 7) is 7.38. The Bertz CT molecular complexity index is 447. The molecule has 1 atom stereocenters. The summed E-state index contributed by atoms with van der Waals surface area (Å²) in [5.74, 6) is 0.686. The number of nitrogens with one attached hydrogen (secondary N) is 1. The first-order chi connectivity index (χ1) is 10.0. The van der Waals surface area contributed by atoms with Crippen molar-refractivity contribution in [3.63, 3.8) is 0 Å². The molecular formula is C17H27NO3. The van der Waals surface area contributed by atoms with Gasteiger partial charge in [-0.3, -0.25) is 4.79 Å². The van der Waals surface area contributed by atoms with E-state index < -0.39 is 5.54 Å². The van der Waals surface area contributed by atoms with E-state index in [2.05, 4.69) is 12.2 Å². The fraction of sp³-hybridized carbons (Fsp3) is 0.588. The molecule has 21 heavy (non-hydrogen) atoms. The van der Waals surface area contributed by atoms with Crippen molar-refractivity contribution >= 4 is 5.97 Å². The monoisotopic (exact) mass is 293 g/mol. The SMILES string of the molecule is CCCNC(C)(CCCOc1ccccc1C)C(=O)OC. The predicted molar refractivity (Wildman–Crippen MR) is 84.6 cm³/mol. The molecule has 1 rings (SSSR count). The van der Waals surface area contributed by atoms with Gasteiger partial charge in [0.05, 0.1) is 13.7 Å². The molecule has 4 nitrogen and oxygen atoms in total. The van der Waals surface area contributed by atoms with E-state index >= 15 is 0 Å². The van der Waals surface area contributed by atoms with Crippen LogP contribution in [0.3, 0.4) is 0 Å². The van der Waals surface area contributed by atoms with E-state index in [9.17, 15) is 4.79 Å². The second kappa shape index (κ2) is 8.67.